The van der Waals surface area contributed by atoms with E-state index in [1.807, 2.05) is 0 Å². The first-order chi connectivity index (χ1) is 25.3. The number of para-hydroxylation sites is 2. The standard InChI is InChI=1S/C48H32N2O/c1-4-13-43-36(10-1)38-21-18-31-25-45(38)49(43)33-8-7-9-34(28-33)50-44-14-5-2-11-37(44)39-22-19-32(26-46(39)50)42-24-29(16-20-35(31)42)30-17-23-41-40-12-3-6-15-47(40)51-48(41)27-30/h1-5,7-8,10-14,16-28,34H,6,9,15H2. The lowest BCUT2D eigenvalue weighted by Crippen LogP contribution is -2.10. The number of hydrogen-bond acceptors (Lipinski definition) is 1. The molecule has 2 aliphatic carbocycles. The molecular weight excluding hydrogens is 621 g/mol. The summed E-state index contributed by atoms with van der Waals surface area (Å²) in [4.78, 5) is 0. The Labute approximate surface area is 294 Å². The molecule has 3 nitrogen and oxygen atoms in total. The van der Waals surface area contributed by atoms with Gasteiger partial charge in [0.1, 0.15) is 11.3 Å². The first kappa shape index (κ1) is 27.5. The summed E-state index contributed by atoms with van der Waals surface area (Å²) in [6.07, 6.45) is 14.6. The van der Waals surface area contributed by atoms with Crippen LogP contribution in [0.2, 0.25) is 0 Å². The Morgan fingerprint density at radius 3 is 2.12 bits per heavy atom. The van der Waals surface area contributed by atoms with Crippen molar-refractivity contribution in [2.24, 2.45) is 0 Å². The van der Waals surface area contributed by atoms with Crippen LogP contribution < -0.4 is 0 Å². The van der Waals surface area contributed by atoms with Crippen LogP contribution in [0.4, 0.5) is 0 Å². The third-order valence-corrected chi connectivity index (χ3v) is 11.6. The Kier molecular flexibility index (Phi) is 5.45. The molecule has 0 spiro atoms. The predicted octanol–water partition coefficient (Wildman–Crippen LogP) is 13.0. The van der Waals surface area contributed by atoms with E-state index in [1.54, 1.807) is 0 Å². The van der Waals surface area contributed by atoms with Gasteiger partial charge in [0.15, 0.2) is 0 Å². The second-order valence-corrected chi connectivity index (χ2v) is 14.4. The molecule has 0 saturated heterocycles. The molecule has 0 fully saturated rings. The van der Waals surface area contributed by atoms with E-state index >= 15 is 0 Å². The number of furan rings is 1. The van der Waals surface area contributed by atoms with Gasteiger partial charge in [-0.05, 0) is 101 Å². The van der Waals surface area contributed by atoms with Crippen LogP contribution in [0.25, 0.3) is 99.7 Å². The van der Waals surface area contributed by atoms with E-state index in [9.17, 15) is 0 Å². The van der Waals surface area contributed by atoms with Gasteiger partial charge in [0.2, 0.25) is 0 Å². The molecule has 3 aromatic heterocycles. The van der Waals surface area contributed by atoms with Crippen LogP contribution in [-0.4, -0.2) is 9.13 Å². The number of hydrogen-bond donors (Lipinski definition) is 0. The zero-order chi connectivity index (χ0) is 33.2. The molecule has 6 bridgehead atoms. The maximum absolute atomic E-state index is 6.41. The third kappa shape index (κ3) is 3.83. The third-order valence-electron chi connectivity index (χ3n) is 11.6. The van der Waals surface area contributed by atoms with Crippen molar-refractivity contribution in [1.82, 2.24) is 9.13 Å². The molecule has 240 valence electrons. The maximum Gasteiger partial charge on any atom is 0.135 e. The van der Waals surface area contributed by atoms with Crippen molar-refractivity contribution in [2.45, 2.75) is 25.3 Å². The second-order valence-electron chi connectivity index (χ2n) is 14.4. The van der Waals surface area contributed by atoms with Gasteiger partial charge in [0, 0.05) is 50.1 Å². The van der Waals surface area contributed by atoms with Gasteiger partial charge in [0.25, 0.3) is 0 Å². The molecule has 9 aromatic rings. The summed E-state index contributed by atoms with van der Waals surface area (Å²) in [7, 11) is 0. The monoisotopic (exact) mass is 652 g/mol. The minimum Gasteiger partial charge on any atom is -0.460 e. The highest BCUT2D eigenvalue weighted by molar-refractivity contribution is 6.13. The molecule has 0 N–H and O–H groups in total. The van der Waals surface area contributed by atoms with Gasteiger partial charge in [-0.1, -0.05) is 97.1 Å². The number of benzene rings is 6. The van der Waals surface area contributed by atoms with Crippen LogP contribution in [0, 0.1) is 0 Å². The van der Waals surface area contributed by atoms with Gasteiger partial charge in [-0.3, -0.25) is 0 Å². The highest BCUT2D eigenvalue weighted by Gasteiger charge is 2.23. The summed E-state index contributed by atoms with van der Waals surface area (Å²) in [5.41, 5.74) is 15.7. The van der Waals surface area contributed by atoms with Crippen LogP contribution in [0.5, 0.6) is 0 Å². The topological polar surface area (TPSA) is 23.0 Å². The molecule has 4 heterocycles. The largest absolute Gasteiger partial charge is 0.460 e. The Morgan fingerprint density at radius 2 is 1.22 bits per heavy atom. The zero-order valence-electron chi connectivity index (χ0n) is 27.9. The average Bonchev–Trinajstić information content (AvgIpc) is 3.84. The molecule has 1 aliphatic heterocycles. The number of nitrogens with zero attached hydrogens (tertiary/aromatic N) is 2. The van der Waals surface area contributed by atoms with Crippen molar-refractivity contribution in [2.75, 3.05) is 0 Å². The quantitative estimate of drug-likeness (QED) is 0.173. The van der Waals surface area contributed by atoms with Gasteiger partial charge in [0.05, 0.1) is 22.6 Å². The van der Waals surface area contributed by atoms with E-state index in [1.165, 1.54) is 93.6 Å². The zero-order valence-corrected chi connectivity index (χ0v) is 27.9. The number of fused-ring (bicyclic) bond motifs is 17. The van der Waals surface area contributed by atoms with Gasteiger partial charge in [-0.2, -0.15) is 0 Å². The molecule has 3 heteroatoms. The Balaban J connectivity index is 1.17. The van der Waals surface area contributed by atoms with Crippen molar-refractivity contribution in [3.05, 3.63) is 157 Å². The average molecular weight is 653 g/mol. The molecule has 1 unspecified atom stereocenters. The fraction of sp³-hybridized carbons (Fsp3) is 0.0833. The lowest BCUT2D eigenvalue weighted by atomic mass is 9.90. The Bertz CT molecular complexity index is 3060. The molecule has 51 heavy (non-hydrogen) atoms. The van der Waals surface area contributed by atoms with E-state index in [4.69, 9.17) is 4.42 Å². The van der Waals surface area contributed by atoms with E-state index in [-0.39, 0.29) is 6.04 Å². The van der Waals surface area contributed by atoms with Crippen molar-refractivity contribution in [1.29, 1.82) is 0 Å². The minimum atomic E-state index is 0.175. The van der Waals surface area contributed by atoms with Gasteiger partial charge < -0.3 is 13.6 Å². The van der Waals surface area contributed by atoms with Gasteiger partial charge in [-0.15, -0.1) is 0 Å². The summed E-state index contributed by atoms with van der Waals surface area (Å²) >= 11 is 0. The van der Waals surface area contributed by atoms with Crippen molar-refractivity contribution >= 4 is 66.4 Å². The summed E-state index contributed by atoms with van der Waals surface area (Å²) in [6.45, 7) is 0. The molecule has 3 aliphatic rings. The van der Waals surface area contributed by atoms with Crippen LogP contribution in [0.3, 0.4) is 0 Å². The fourth-order valence-corrected chi connectivity index (χ4v) is 9.26. The first-order valence-corrected chi connectivity index (χ1v) is 18.1. The predicted molar refractivity (Wildman–Crippen MR) is 213 cm³/mol. The lowest BCUT2D eigenvalue weighted by molar-refractivity contribution is 0.546. The van der Waals surface area contributed by atoms with Crippen LogP contribution in [0.15, 0.2) is 150 Å². The maximum atomic E-state index is 6.41. The van der Waals surface area contributed by atoms with Gasteiger partial charge >= 0.3 is 0 Å². The molecule has 12 rings (SSSR count). The smallest absolute Gasteiger partial charge is 0.135 e. The molecule has 6 aromatic carbocycles. The van der Waals surface area contributed by atoms with Crippen molar-refractivity contribution in [3.63, 3.8) is 0 Å². The first-order valence-electron chi connectivity index (χ1n) is 18.1. The highest BCUT2D eigenvalue weighted by atomic mass is 16.3. The number of rotatable bonds is 1. The SMILES string of the molecule is C1=Cc2c(oc3cc(-c4ccc5c(c4)-c4ccc6c7ccccc7n(c6c4)C4C=C(C=CC4)n4c6ccccc6c6ccc-5cc64)ccc23)CC1. The minimum absolute atomic E-state index is 0.175. The van der Waals surface area contributed by atoms with E-state index in [2.05, 4.69) is 161 Å². The highest BCUT2D eigenvalue weighted by Crippen LogP contribution is 2.44. The summed E-state index contributed by atoms with van der Waals surface area (Å²) in [5.74, 6) is 1.10. The van der Waals surface area contributed by atoms with Gasteiger partial charge in [-0.25, -0.2) is 0 Å². The Morgan fingerprint density at radius 1 is 0.529 bits per heavy atom. The van der Waals surface area contributed by atoms with Crippen LogP contribution >= 0.6 is 0 Å². The number of aryl methyl sites for hydroxylation is 1. The summed E-state index contributed by atoms with van der Waals surface area (Å²) in [6, 6.07) is 45.8. The second kappa shape index (κ2) is 10.1. The summed E-state index contributed by atoms with van der Waals surface area (Å²) < 4.78 is 11.5. The molecular formula is C48H32N2O. The van der Waals surface area contributed by atoms with E-state index in [0.29, 0.717) is 0 Å². The van der Waals surface area contributed by atoms with Crippen LogP contribution in [-0.2, 0) is 6.42 Å². The Hall–Kier alpha value is -6.32. The molecule has 0 radical (unpaired) electrons. The normalized spacial score (nSPS) is 16.2. The molecule has 0 amide bonds. The van der Waals surface area contributed by atoms with Crippen LogP contribution in [0.1, 0.15) is 30.2 Å². The molecule has 1 atom stereocenters. The number of aromatic nitrogens is 2. The summed E-state index contributed by atoms with van der Waals surface area (Å²) in [5, 5.41) is 6.35. The lowest BCUT2D eigenvalue weighted by Gasteiger charge is -2.22. The molecule has 0 saturated carbocycles. The van der Waals surface area contributed by atoms with E-state index in [0.717, 1.165) is 30.6 Å². The van der Waals surface area contributed by atoms with E-state index < -0.39 is 0 Å². The van der Waals surface area contributed by atoms with Crippen molar-refractivity contribution in [3.8, 4) is 33.4 Å². The fourth-order valence-electron chi connectivity index (χ4n) is 9.26. The van der Waals surface area contributed by atoms with Crippen molar-refractivity contribution < 1.29 is 4.42 Å². The number of allylic oxidation sites excluding steroid dienone is 5.